The molecular weight excluding hydrogens is 418 g/mol. The molecule has 160 valence electrons. The van der Waals surface area contributed by atoms with Gasteiger partial charge in [-0.2, -0.15) is 0 Å². The van der Waals surface area contributed by atoms with Crippen LogP contribution in [0.5, 0.6) is 5.75 Å². The number of halogens is 1. The van der Waals surface area contributed by atoms with Gasteiger partial charge in [0.2, 0.25) is 6.10 Å². The van der Waals surface area contributed by atoms with Crippen molar-refractivity contribution in [2.24, 2.45) is 4.99 Å². The number of benzene rings is 2. The van der Waals surface area contributed by atoms with Crippen molar-refractivity contribution in [3.63, 3.8) is 0 Å². The summed E-state index contributed by atoms with van der Waals surface area (Å²) >= 11 is 5.99. The van der Waals surface area contributed by atoms with Crippen molar-refractivity contribution in [1.29, 1.82) is 0 Å². The number of Topliss-reactive ketones (excluding diaryl/α,β-unsaturated/α-hetero) is 1. The zero-order valence-electron chi connectivity index (χ0n) is 16.7. The first-order valence-electron chi connectivity index (χ1n) is 9.98. The summed E-state index contributed by atoms with van der Waals surface area (Å²) in [6.07, 6.45) is 2.90. The quantitative estimate of drug-likeness (QED) is 0.645. The van der Waals surface area contributed by atoms with Gasteiger partial charge in [-0.05, 0) is 54.6 Å². The van der Waals surface area contributed by atoms with Crippen LogP contribution < -0.4 is 15.0 Å². The molecule has 0 radical (unpaired) electrons. The summed E-state index contributed by atoms with van der Waals surface area (Å²) in [6, 6.07) is 13.6. The number of aliphatic carboxylic acids is 1. The van der Waals surface area contributed by atoms with E-state index in [0.717, 1.165) is 31.9 Å². The summed E-state index contributed by atoms with van der Waals surface area (Å²) in [7, 11) is 0. The number of piperazine rings is 1. The van der Waals surface area contributed by atoms with Crippen LogP contribution in [0.3, 0.4) is 0 Å². The first-order valence-corrected chi connectivity index (χ1v) is 10.4. The Morgan fingerprint density at radius 2 is 1.90 bits per heavy atom. The Balaban J connectivity index is 1.63. The van der Waals surface area contributed by atoms with Crippen molar-refractivity contribution in [1.82, 2.24) is 5.32 Å². The van der Waals surface area contributed by atoms with Crippen molar-refractivity contribution in [3.05, 3.63) is 71.3 Å². The van der Waals surface area contributed by atoms with E-state index in [4.69, 9.17) is 16.3 Å². The molecule has 2 atom stereocenters. The van der Waals surface area contributed by atoms with E-state index in [1.165, 1.54) is 18.4 Å². The molecule has 0 aromatic heterocycles. The zero-order chi connectivity index (χ0) is 21.8. The van der Waals surface area contributed by atoms with Crippen molar-refractivity contribution in [3.8, 4) is 5.75 Å². The van der Waals surface area contributed by atoms with E-state index < -0.39 is 23.4 Å². The number of nitrogens with one attached hydrogen (secondary N) is 1. The van der Waals surface area contributed by atoms with Crippen LogP contribution in [-0.2, 0) is 4.79 Å². The molecule has 8 heteroatoms. The van der Waals surface area contributed by atoms with E-state index in [0.29, 0.717) is 10.6 Å². The number of hydrogen-bond donors (Lipinski definition) is 2. The molecule has 0 saturated carbocycles. The summed E-state index contributed by atoms with van der Waals surface area (Å²) in [6.45, 7) is 3.59. The third kappa shape index (κ3) is 4.33. The minimum atomic E-state index is -1.70. The Bertz CT molecular complexity index is 1020. The van der Waals surface area contributed by atoms with Gasteiger partial charge in [0, 0.05) is 48.7 Å². The lowest BCUT2D eigenvalue weighted by Crippen LogP contribution is -2.52. The minimum absolute atomic E-state index is 0.247. The molecule has 1 saturated heterocycles. The Hall–Kier alpha value is -3.16. The first kappa shape index (κ1) is 21.1. The maximum absolute atomic E-state index is 13.5. The van der Waals surface area contributed by atoms with Crippen molar-refractivity contribution in [2.45, 2.75) is 11.6 Å². The summed E-state index contributed by atoms with van der Waals surface area (Å²) < 4.78 is 5.72. The molecule has 1 fully saturated rings. The number of rotatable bonds is 7. The van der Waals surface area contributed by atoms with Crippen molar-refractivity contribution < 1.29 is 19.4 Å². The highest BCUT2D eigenvalue weighted by Crippen LogP contribution is 2.32. The number of anilines is 1. The SMILES string of the molecule is O=C(O)C(Oc1cccc(Cl)c1)C1(C(=O)c2ccc(N3CCNCC3)cc2)C=CC=N1. The lowest BCUT2D eigenvalue weighted by atomic mass is 9.84. The zero-order valence-corrected chi connectivity index (χ0v) is 17.5. The predicted molar refractivity (Wildman–Crippen MR) is 120 cm³/mol. The highest BCUT2D eigenvalue weighted by molar-refractivity contribution is 6.30. The predicted octanol–water partition coefficient (Wildman–Crippen LogP) is 2.84. The molecule has 2 unspecified atom stereocenters. The van der Waals surface area contributed by atoms with Crippen LogP contribution in [0, 0.1) is 0 Å². The summed E-state index contributed by atoms with van der Waals surface area (Å²) in [5.41, 5.74) is -0.323. The van der Waals surface area contributed by atoms with E-state index in [2.05, 4.69) is 15.2 Å². The standard InChI is InChI=1S/C23H22ClN3O4/c24-17-3-1-4-19(15-17)31-21(22(29)30)23(9-2-10-26-23)20(28)16-5-7-18(8-6-16)27-13-11-25-12-14-27/h1-10,15,21,25H,11-14H2,(H,29,30). The molecule has 7 nitrogen and oxygen atoms in total. The van der Waals surface area contributed by atoms with Gasteiger partial charge in [-0.25, -0.2) is 4.79 Å². The fourth-order valence-electron chi connectivity index (χ4n) is 3.79. The van der Waals surface area contributed by atoms with E-state index in [-0.39, 0.29) is 5.75 Å². The normalized spacial score (nSPS) is 21.1. The number of allylic oxidation sites excluding steroid dienone is 1. The van der Waals surface area contributed by atoms with Gasteiger partial charge < -0.3 is 20.1 Å². The number of nitrogens with zero attached hydrogens (tertiary/aromatic N) is 2. The van der Waals surface area contributed by atoms with Crippen LogP contribution in [0.2, 0.25) is 5.02 Å². The topological polar surface area (TPSA) is 91.2 Å². The first-order chi connectivity index (χ1) is 15.0. The number of carboxylic acids is 1. The van der Waals surface area contributed by atoms with Crippen LogP contribution in [-0.4, -0.2) is 60.9 Å². The van der Waals surface area contributed by atoms with Gasteiger partial charge in [-0.15, -0.1) is 0 Å². The molecule has 0 amide bonds. The molecule has 0 aliphatic carbocycles. The lowest BCUT2D eigenvalue weighted by Gasteiger charge is -2.31. The molecular formula is C23H22ClN3O4. The lowest BCUT2D eigenvalue weighted by molar-refractivity contribution is -0.146. The van der Waals surface area contributed by atoms with Crippen LogP contribution in [0.4, 0.5) is 5.69 Å². The Kier molecular flexibility index (Phi) is 6.06. The van der Waals surface area contributed by atoms with Crippen LogP contribution in [0.25, 0.3) is 0 Å². The van der Waals surface area contributed by atoms with Crippen LogP contribution in [0.1, 0.15) is 10.4 Å². The highest BCUT2D eigenvalue weighted by atomic mass is 35.5. The number of hydrogen-bond acceptors (Lipinski definition) is 6. The second-order valence-corrected chi connectivity index (χ2v) is 7.81. The molecule has 4 rings (SSSR count). The average molecular weight is 440 g/mol. The molecule has 0 spiro atoms. The number of carboxylic acid groups (broad SMARTS) is 1. The fraction of sp³-hybridized carbons (Fsp3) is 0.261. The van der Waals surface area contributed by atoms with E-state index in [9.17, 15) is 14.7 Å². The van der Waals surface area contributed by atoms with Gasteiger partial charge in [0.05, 0.1) is 0 Å². The monoisotopic (exact) mass is 439 g/mol. The third-order valence-corrected chi connectivity index (χ3v) is 5.61. The van der Waals surface area contributed by atoms with E-state index in [1.807, 2.05) is 12.1 Å². The molecule has 31 heavy (non-hydrogen) atoms. The van der Waals surface area contributed by atoms with Gasteiger partial charge in [-0.1, -0.05) is 17.7 Å². The Labute approximate surface area is 185 Å². The highest BCUT2D eigenvalue weighted by Gasteiger charge is 2.51. The number of carbonyl (C=O) groups is 2. The maximum Gasteiger partial charge on any atom is 0.348 e. The second-order valence-electron chi connectivity index (χ2n) is 7.37. The second kappa shape index (κ2) is 8.91. The van der Waals surface area contributed by atoms with Crippen molar-refractivity contribution >= 4 is 35.3 Å². The number of carbonyl (C=O) groups excluding carboxylic acids is 1. The van der Waals surface area contributed by atoms with Crippen molar-refractivity contribution in [2.75, 3.05) is 31.1 Å². The fourth-order valence-corrected chi connectivity index (χ4v) is 3.97. The third-order valence-electron chi connectivity index (χ3n) is 5.37. The van der Waals surface area contributed by atoms with Gasteiger partial charge in [0.1, 0.15) is 5.75 Å². The van der Waals surface area contributed by atoms with E-state index >= 15 is 0 Å². The van der Waals surface area contributed by atoms with E-state index in [1.54, 1.807) is 36.4 Å². The summed E-state index contributed by atoms with van der Waals surface area (Å²) in [4.78, 5) is 32.1. The Morgan fingerprint density at radius 3 is 2.52 bits per heavy atom. The molecule has 2 aromatic carbocycles. The minimum Gasteiger partial charge on any atom is -0.478 e. The number of aliphatic imine (C=N–C) groups is 1. The summed E-state index contributed by atoms with van der Waals surface area (Å²) in [5, 5.41) is 13.6. The van der Waals surface area contributed by atoms with Gasteiger partial charge in [0.25, 0.3) is 0 Å². The summed E-state index contributed by atoms with van der Waals surface area (Å²) in [5.74, 6) is -1.50. The molecule has 2 aliphatic rings. The number of ketones is 1. The number of ether oxygens (including phenoxy) is 1. The molecule has 2 aliphatic heterocycles. The maximum atomic E-state index is 13.5. The van der Waals surface area contributed by atoms with Gasteiger partial charge >= 0.3 is 5.97 Å². The molecule has 0 bridgehead atoms. The molecule has 2 heterocycles. The van der Waals surface area contributed by atoms with Crippen LogP contribution >= 0.6 is 11.6 Å². The largest absolute Gasteiger partial charge is 0.478 e. The average Bonchev–Trinajstić information content (AvgIpc) is 3.28. The van der Waals surface area contributed by atoms with Gasteiger partial charge in [0.15, 0.2) is 11.3 Å². The smallest absolute Gasteiger partial charge is 0.348 e. The Morgan fingerprint density at radius 1 is 1.16 bits per heavy atom. The van der Waals surface area contributed by atoms with Gasteiger partial charge in [-0.3, -0.25) is 9.79 Å². The molecule has 2 N–H and O–H groups in total. The molecule has 2 aromatic rings. The van der Waals surface area contributed by atoms with Crippen LogP contribution in [0.15, 0.2) is 65.7 Å².